The maximum atomic E-state index is 12.0. The summed E-state index contributed by atoms with van der Waals surface area (Å²) >= 11 is 0. The fourth-order valence-electron chi connectivity index (χ4n) is 1.97. The van der Waals surface area contributed by atoms with Crippen LogP contribution in [-0.4, -0.2) is 35.4 Å². The maximum absolute atomic E-state index is 12.0. The number of nitrogens with one attached hydrogen (secondary N) is 1. The number of hydrogen-bond donors (Lipinski definition) is 2. The molecule has 0 aliphatic heterocycles. The van der Waals surface area contributed by atoms with E-state index >= 15 is 0 Å². The number of rotatable bonds is 6. The number of carbonyl (C=O) groups is 2. The number of aromatic nitrogens is 1. The van der Waals surface area contributed by atoms with Crippen molar-refractivity contribution < 1.29 is 24.3 Å². The number of ether oxygens (including phenoxy) is 1. The van der Waals surface area contributed by atoms with Crippen LogP contribution in [0.5, 0.6) is 5.75 Å². The highest BCUT2D eigenvalue weighted by Gasteiger charge is 2.13. The van der Waals surface area contributed by atoms with Crippen LogP contribution in [0.1, 0.15) is 15.9 Å². The van der Waals surface area contributed by atoms with E-state index in [4.69, 9.17) is 14.7 Å². The average Bonchev–Trinajstić information content (AvgIpc) is 2.54. The van der Waals surface area contributed by atoms with Gasteiger partial charge in [0.25, 0.3) is 11.5 Å². The molecule has 0 aliphatic rings. The molecule has 8 nitrogen and oxygen atoms in total. The van der Waals surface area contributed by atoms with Gasteiger partial charge in [-0.1, -0.05) is 6.07 Å². The third kappa shape index (κ3) is 3.92. The van der Waals surface area contributed by atoms with E-state index in [1.54, 1.807) is 12.1 Å². The van der Waals surface area contributed by atoms with Gasteiger partial charge in [-0.15, -0.1) is 0 Å². The molecule has 0 saturated carbocycles. The van der Waals surface area contributed by atoms with Gasteiger partial charge < -0.3 is 20.0 Å². The third-order valence-corrected chi connectivity index (χ3v) is 3.11. The number of carboxylic acids is 1. The van der Waals surface area contributed by atoms with Crippen LogP contribution in [0.2, 0.25) is 0 Å². The number of amides is 1. The van der Waals surface area contributed by atoms with Crippen LogP contribution in [0.25, 0.3) is 0 Å². The number of benzene rings is 1. The van der Waals surface area contributed by atoms with E-state index in [9.17, 15) is 14.4 Å². The Labute approximate surface area is 137 Å². The van der Waals surface area contributed by atoms with Gasteiger partial charge >= 0.3 is 5.97 Å². The average molecular weight is 332 g/mol. The molecule has 0 spiro atoms. The standard InChI is InChI=1S/C16H16N2O6/c1-10-5-6-13(23-2)12(8-10)17-14(19)9-24-18-7-3-4-11(15(18)20)16(21)22/h3-8H,9H2,1-2H3,(H,17,19)(H,21,22). The summed E-state index contributed by atoms with van der Waals surface area (Å²) in [4.78, 5) is 39.8. The predicted octanol–water partition coefficient (Wildman–Crippen LogP) is 0.931. The molecule has 0 bridgehead atoms. The van der Waals surface area contributed by atoms with E-state index in [0.717, 1.165) is 11.6 Å². The monoisotopic (exact) mass is 332 g/mol. The lowest BCUT2D eigenvalue weighted by Gasteiger charge is -2.12. The summed E-state index contributed by atoms with van der Waals surface area (Å²) < 4.78 is 5.85. The Hall–Kier alpha value is -3.29. The fourth-order valence-corrected chi connectivity index (χ4v) is 1.97. The molecule has 1 aromatic carbocycles. The van der Waals surface area contributed by atoms with E-state index in [2.05, 4.69) is 5.32 Å². The number of nitrogens with zero attached hydrogens (tertiary/aromatic N) is 1. The first-order chi connectivity index (χ1) is 11.4. The van der Waals surface area contributed by atoms with Crippen LogP contribution < -0.4 is 20.5 Å². The summed E-state index contributed by atoms with van der Waals surface area (Å²) in [6, 6.07) is 7.77. The van der Waals surface area contributed by atoms with Gasteiger partial charge in [-0.2, -0.15) is 4.73 Å². The van der Waals surface area contributed by atoms with E-state index in [0.29, 0.717) is 16.2 Å². The van der Waals surface area contributed by atoms with Crippen molar-refractivity contribution in [1.82, 2.24) is 4.73 Å². The SMILES string of the molecule is COc1ccc(C)cc1NC(=O)COn1cccc(C(=O)O)c1=O. The van der Waals surface area contributed by atoms with Gasteiger partial charge in [-0.25, -0.2) is 4.79 Å². The van der Waals surface area contributed by atoms with Crippen molar-refractivity contribution in [3.05, 3.63) is 58.0 Å². The first-order valence-electron chi connectivity index (χ1n) is 6.95. The number of carbonyl (C=O) groups excluding carboxylic acids is 1. The van der Waals surface area contributed by atoms with E-state index in [1.165, 1.54) is 19.4 Å². The van der Waals surface area contributed by atoms with Crippen molar-refractivity contribution in [3.63, 3.8) is 0 Å². The van der Waals surface area contributed by atoms with Gasteiger partial charge in [0.05, 0.1) is 12.8 Å². The summed E-state index contributed by atoms with van der Waals surface area (Å²) in [6.07, 6.45) is 1.23. The van der Waals surface area contributed by atoms with Gasteiger partial charge in [-0.05, 0) is 36.8 Å². The Bertz CT molecular complexity index is 828. The smallest absolute Gasteiger partial charge is 0.341 e. The van der Waals surface area contributed by atoms with E-state index < -0.39 is 29.6 Å². The Morgan fingerprint density at radius 2 is 2.04 bits per heavy atom. The zero-order chi connectivity index (χ0) is 17.7. The van der Waals surface area contributed by atoms with E-state index in [1.807, 2.05) is 13.0 Å². The molecule has 126 valence electrons. The topological polar surface area (TPSA) is 107 Å². The zero-order valence-corrected chi connectivity index (χ0v) is 13.1. The molecule has 0 unspecified atom stereocenters. The van der Waals surface area contributed by atoms with Crippen LogP contribution in [0.15, 0.2) is 41.3 Å². The lowest BCUT2D eigenvalue weighted by molar-refractivity contribution is -0.120. The van der Waals surface area contributed by atoms with Crippen LogP contribution in [0, 0.1) is 6.92 Å². The van der Waals surface area contributed by atoms with Crippen molar-refractivity contribution in [1.29, 1.82) is 0 Å². The van der Waals surface area contributed by atoms with Crippen molar-refractivity contribution in [2.24, 2.45) is 0 Å². The second-order valence-corrected chi connectivity index (χ2v) is 4.88. The number of methoxy groups -OCH3 is 1. The summed E-state index contributed by atoms with van der Waals surface area (Å²) in [5, 5.41) is 11.5. The summed E-state index contributed by atoms with van der Waals surface area (Å²) in [6.45, 7) is 1.39. The third-order valence-electron chi connectivity index (χ3n) is 3.11. The minimum Gasteiger partial charge on any atom is -0.495 e. The molecule has 1 aromatic heterocycles. The first kappa shape index (κ1) is 17.1. The Kier molecular flexibility index (Phi) is 5.20. The minimum atomic E-state index is -1.37. The number of aryl methyl sites for hydroxylation is 1. The second kappa shape index (κ2) is 7.32. The molecule has 0 atom stereocenters. The number of carboxylic acid groups (broad SMARTS) is 1. The van der Waals surface area contributed by atoms with Gasteiger partial charge in [0.2, 0.25) is 0 Å². The van der Waals surface area contributed by atoms with Crippen molar-refractivity contribution >= 4 is 17.6 Å². The van der Waals surface area contributed by atoms with Crippen molar-refractivity contribution in [3.8, 4) is 5.75 Å². The molecule has 2 rings (SSSR count). The lowest BCUT2D eigenvalue weighted by atomic mass is 10.2. The van der Waals surface area contributed by atoms with Crippen LogP contribution in [0.4, 0.5) is 5.69 Å². The van der Waals surface area contributed by atoms with Crippen LogP contribution in [-0.2, 0) is 4.79 Å². The highest BCUT2D eigenvalue weighted by Crippen LogP contribution is 2.24. The fraction of sp³-hybridized carbons (Fsp3) is 0.188. The summed E-state index contributed by atoms with van der Waals surface area (Å²) in [7, 11) is 1.48. The van der Waals surface area contributed by atoms with Gasteiger partial charge in [0.15, 0.2) is 6.61 Å². The molecule has 0 saturated heterocycles. The molecule has 8 heteroatoms. The molecule has 0 radical (unpaired) electrons. The quantitative estimate of drug-likeness (QED) is 0.815. The van der Waals surface area contributed by atoms with Crippen molar-refractivity contribution in [2.75, 3.05) is 19.0 Å². The largest absolute Gasteiger partial charge is 0.495 e. The van der Waals surface area contributed by atoms with Gasteiger partial charge in [-0.3, -0.25) is 9.59 Å². The predicted molar refractivity (Wildman–Crippen MR) is 85.5 cm³/mol. The summed E-state index contributed by atoms with van der Waals surface area (Å²) in [5.74, 6) is -1.41. The Morgan fingerprint density at radius 1 is 1.29 bits per heavy atom. The molecule has 2 N–H and O–H groups in total. The zero-order valence-electron chi connectivity index (χ0n) is 13.1. The molecular formula is C16H16N2O6. The molecule has 0 fully saturated rings. The van der Waals surface area contributed by atoms with Crippen molar-refractivity contribution in [2.45, 2.75) is 6.92 Å². The molecular weight excluding hydrogens is 316 g/mol. The highest BCUT2D eigenvalue weighted by molar-refractivity contribution is 5.93. The number of aromatic carboxylic acids is 1. The first-order valence-corrected chi connectivity index (χ1v) is 6.95. The summed E-state index contributed by atoms with van der Waals surface area (Å²) in [5.41, 5.74) is 0.0966. The maximum Gasteiger partial charge on any atom is 0.341 e. The highest BCUT2D eigenvalue weighted by atomic mass is 16.7. The van der Waals surface area contributed by atoms with E-state index in [-0.39, 0.29) is 0 Å². The number of hydrogen-bond acceptors (Lipinski definition) is 5. The second-order valence-electron chi connectivity index (χ2n) is 4.88. The van der Waals surface area contributed by atoms with Crippen LogP contribution in [0.3, 0.4) is 0 Å². The lowest BCUT2D eigenvalue weighted by Crippen LogP contribution is -2.34. The number of anilines is 1. The van der Waals surface area contributed by atoms with Gasteiger partial charge in [0, 0.05) is 6.20 Å². The van der Waals surface area contributed by atoms with Crippen LogP contribution >= 0.6 is 0 Å². The molecule has 0 aliphatic carbocycles. The molecule has 24 heavy (non-hydrogen) atoms. The normalized spacial score (nSPS) is 10.1. The van der Waals surface area contributed by atoms with Gasteiger partial charge in [0.1, 0.15) is 11.3 Å². The number of pyridine rings is 1. The molecule has 1 heterocycles. The Morgan fingerprint density at radius 3 is 2.71 bits per heavy atom. The molecule has 1 amide bonds. The minimum absolute atomic E-state index is 0.446. The Balaban J connectivity index is 2.07. The molecule has 2 aromatic rings.